The van der Waals surface area contributed by atoms with Crippen LogP contribution in [0.5, 0.6) is 0 Å². The van der Waals surface area contributed by atoms with E-state index in [4.69, 9.17) is 11.5 Å². The quantitative estimate of drug-likeness (QED) is 0.610. The van der Waals surface area contributed by atoms with Crippen LogP contribution in [-0.2, 0) is 29.1 Å². The standard InChI is InChI=1S/C25H33FN4O3S/c1-25(2)12-21-23(34(32,33)13-25)17-4-3-5-20(17)30(21)16-10-18(26)22(24(28)31)19(11-16)29-15-8-6-14(27)7-9-15/h10-11,14-15,29H,3-9,12-13,27H2,1-2H3,(H2,28,31). The van der Waals surface area contributed by atoms with Gasteiger partial charge in [0.05, 0.1) is 27.6 Å². The third-order valence-corrected chi connectivity index (χ3v) is 9.78. The van der Waals surface area contributed by atoms with Crippen molar-refractivity contribution >= 4 is 21.4 Å². The predicted molar refractivity (Wildman–Crippen MR) is 130 cm³/mol. The number of rotatable bonds is 4. The summed E-state index contributed by atoms with van der Waals surface area (Å²) in [6, 6.07) is 3.30. The molecule has 1 aliphatic heterocycles. The van der Waals surface area contributed by atoms with Crippen molar-refractivity contribution in [1.82, 2.24) is 4.57 Å². The number of hydrogen-bond donors (Lipinski definition) is 3. The molecule has 2 heterocycles. The van der Waals surface area contributed by atoms with Gasteiger partial charge in [-0.05, 0) is 74.5 Å². The minimum absolute atomic E-state index is 0.0659. The number of benzene rings is 1. The molecule has 0 bridgehead atoms. The molecule has 0 saturated heterocycles. The Morgan fingerprint density at radius 2 is 1.85 bits per heavy atom. The van der Waals surface area contributed by atoms with Crippen LogP contribution in [0, 0.1) is 11.2 Å². The highest BCUT2D eigenvalue weighted by Gasteiger charge is 2.42. The van der Waals surface area contributed by atoms with Crippen LogP contribution in [0.4, 0.5) is 10.1 Å². The molecule has 5 N–H and O–H groups in total. The van der Waals surface area contributed by atoms with Gasteiger partial charge in [-0.1, -0.05) is 13.8 Å². The van der Waals surface area contributed by atoms with Crippen molar-refractivity contribution in [3.8, 4) is 5.69 Å². The molecule has 2 aromatic rings. The third-order valence-electron chi connectivity index (χ3n) is 7.51. The van der Waals surface area contributed by atoms with Crippen LogP contribution < -0.4 is 16.8 Å². The number of nitrogens with two attached hydrogens (primary N) is 2. The average molecular weight is 489 g/mol. The molecule has 3 aliphatic rings. The van der Waals surface area contributed by atoms with Crippen molar-refractivity contribution in [3.05, 3.63) is 40.5 Å². The van der Waals surface area contributed by atoms with Crippen molar-refractivity contribution in [2.75, 3.05) is 11.1 Å². The second-order valence-electron chi connectivity index (χ2n) is 11.0. The second-order valence-corrected chi connectivity index (χ2v) is 12.9. The van der Waals surface area contributed by atoms with E-state index >= 15 is 4.39 Å². The Morgan fingerprint density at radius 1 is 1.15 bits per heavy atom. The van der Waals surface area contributed by atoms with Crippen molar-refractivity contribution in [3.63, 3.8) is 0 Å². The van der Waals surface area contributed by atoms with Gasteiger partial charge < -0.3 is 21.4 Å². The van der Waals surface area contributed by atoms with Crippen LogP contribution in [0.1, 0.15) is 73.3 Å². The van der Waals surface area contributed by atoms with Gasteiger partial charge in [0.1, 0.15) is 5.82 Å². The fourth-order valence-electron chi connectivity index (χ4n) is 6.16. The second kappa shape index (κ2) is 8.09. The summed E-state index contributed by atoms with van der Waals surface area (Å²) < 4.78 is 43.9. The number of sulfone groups is 1. The highest BCUT2D eigenvalue weighted by molar-refractivity contribution is 7.91. The summed E-state index contributed by atoms with van der Waals surface area (Å²) in [5.41, 5.74) is 14.4. The van der Waals surface area contributed by atoms with Crippen molar-refractivity contribution < 1.29 is 17.6 Å². The number of primary amides is 1. The minimum atomic E-state index is -3.45. The number of nitrogens with zero attached hydrogens (tertiary/aromatic N) is 1. The Kier molecular flexibility index (Phi) is 5.55. The van der Waals surface area contributed by atoms with Crippen LogP contribution in [0.2, 0.25) is 0 Å². The number of carbonyl (C=O) groups is 1. The molecule has 2 aliphatic carbocycles. The van der Waals surface area contributed by atoms with E-state index in [2.05, 4.69) is 5.32 Å². The first-order chi connectivity index (χ1) is 16.0. The lowest BCUT2D eigenvalue weighted by Gasteiger charge is -2.31. The summed E-state index contributed by atoms with van der Waals surface area (Å²) in [6.45, 7) is 3.90. The lowest BCUT2D eigenvalue weighted by Crippen LogP contribution is -2.34. The maximum atomic E-state index is 15.4. The van der Waals surface area contributed by atoms with Crippen molar-refractivity contribution in [2.24, 2.45) is 16.9 Å². The SMILES string of the molecule is CC1(C)Cc2c(c3c(n2-c2cc(F)c(C(N)=O)c(NC4CCC(N)CC4)c2)CCC3)S(=O)(=O)C1. The van der Waals surface area contributed by atoms with E-state index in [-0.39, 0.29) is 23.4 Å². The molecular weight excluding hydrogens is 455 g/mol. The van der Waals surface area contributed by atoms with Gasteiger partial charge in [0.25, 0.3) is 5.91 Å². The van der Waals surface area contributed by atoms with Gasteiger partial charge in [0, 0.05) is 23.5 Å². The first-order valence-corrected chi connectivity index (χ1v) is 13.8. The van der Waals surface area contributed by atoms with E-state index in [0.717, 1.165) is 55.5 Å². The molecule has 34 heavy (non-hydrogen) atoms. The Labute approximate surface area is 200 Å². The smallest absolute Gasteiger partial charge is 0.253 e. The highest BCUT2D eigenvalue weighted by Crippen LogP contribution is 2.44. The highest BCUT2D eigenvalue weighted by atomic mass is 32.2. The van der Waals surface area contributed by atoms with Gasteiger partial charge in [-0.25, -0.2) is 12.8 Å². The molecule has 0 radical (unpaired) electrons. The van der Waals surface area contributed by atoms with Crippen LogP contribution in [-0.4, -0.2) is 36.7 Å². The molecule has 1 fully saturated rings. The number of aromatic nitrogens is 1. The first kappa shape index (κ1) is 23.4. The van der Waals surface area contributed by atoms with Gasteiger partial charge in [-0.15, -0.1) is 0 Å². The molecular formula is C25H33FN4O3S. The number of carbonyl (C=O) groups excluding carboxylic acids is 1. The Bertz CT molecular complexity index is 1270. The molecule has 0 unspecified atom stereocenters. The average Bonchev–Trinajstić information content (AvgIpc) is 3.27. The zero-order chi connectivity index (χ0) is 24.4. The van der Waals surface area contributed by atoms with Crippen LogP contribution >= 0.6 is 0 Å². The molecule has 0 spiro atoms. The Hall–Kier alpha value is -2.39. The molecule has 184 valence electrons. The molecule has 1 aromatic carbocycles. The molecule has 1 aromatic heterocycles. The third kappa shape index (κ3) is 3.92. The van der Waals surface area contributed by atoms with Gasteiger partial charge in [-0.2, -0.15) is 0 Å². The predicted octanol–water partition coefficient (Wildman–Crippen LogP) is 3.24. The number of fused-ring (bicyclic) bond motifs is 3. The van der Waals surface area contributed by atoms with Gasteiger partial charge in [0.2, 0.25) is 0 Å². The monoisotopic (exact) mass is 488 g/mol. The van der Waals surface area contributed by atoms with E-state index in [1.54, 1.807) is 6.07 Å². The number of amides is 1. The van der Waals surface area contributed by atoms with E-state index < -0.39 is 27.0 Å². The summed E-state index contributed by atoms with van der Waals surface area (Å²) in [4.78, 5) is 12.6. The van der Waals surface area contributed by atoms with Gasteiger partial charge in [0.15, 0.2) is 9.84 Å². The number of nitrogens with one attached hydrogen (secondary N) is 1. The zero-order valence-corrected chi connectivity index (χ0v) is 20.6. The number of hydrogen-bond acceptors (Lipinski definition) is 5. The topological polar surface area (TPSA) is 120 Å². The molecule has 5 rings (SSSR count). The minimum Gasteiger partial charge on any atom is -0.382 e. The summed E-state index contributed by atoms with van der Waals surface area (Å²) in [5, 5.41) is 3.35. The van der Waals surface area contributed by atoms with Crippen LogP contribution in [0.25, 0.3) is 5.69 Å². The lowest BCUT2D eigenvalue weighted by atomic mass is 9.89. The number of halogens is 1. The molecule has 0 atom stereocenters. The number of anilines is 1. The zero-order valence-electron chi connectivity index (χ0n) is 19.8. The van der Waals surface area contributed by atoms with E-state index in [1.165, 1.54) is 6.07 Å². The Balaban J connectivity index is 1.67. The molecule has 7 nitrogen and oxygen atoms in total. The maximum absolute atomic E-state index is 15.4. The normalized spacial score (nSPS) is 24.9. The molecule has 1 saturated carbocycles. The fraction of sp³-hybridized carbons (Fsp3) is 0.560. The maximum Gasteiger partial charge on any atom is 0.253 e. The van der Waals surface area contributed by atoms with Gasteiger partial charge >= 0.3 is 0 Å². The summed E-state index contributed by atoms with van der Waals surface area (Å²) in [6.07, 6.45) is 6.26. The Morgan fingerprint density at radius 3 is 2.53 bits per heavy atom. The largest absolute Gasteiger partial charge is 0.382 e. The van der Waals surface area contributed by atoms with Crippen molar-refractivity contribution in [2.45, 2.75) is 82.2 Å². The first-order valence-electron chi connectivity index (χ1n) is 12.1. The van der Waals surface area contributed by atoms with E-state index in [0.29, 0.717) is 29.1 Å². The van der Waals surface area contributed by atoms with Crippen LogP contribution in [0.15, 0.2) is 17.0 Å². The van der Waals surface area contributed by atoms with Crippen molar-refractivity contribution in [1.29, 1.82) is 0 Å². The van der Waals surface area contributed by atoms with E-state index in [9.17, 15) is 13.2 Å². The summed E-state index contributed by atoms with van der Waals surface area (Å²) >= 11 is 0. The lowest BCUT2D eigenvalue weighted by molar-refractivity contribution is 0.0997. The molecule has 1 amide bonds. The van der Waals surface area contributed by atoms with Crippen LogP contribution in [0.3, 0.4) is 0 Å². The van der Waals surface area contributed by atoms with Gasteiger partial charge in [-0.3, -0.25) is 4.79 Å². The fourth-order valence-corrected chi connectivity index (χ4v) is 8.55. The molecule has 9 heteroatoms. The summed E-state index contributed by atoms with van der Waals surface area (Å²) in [7, 11) is -3.45. The van der Waals surface area contributed by atoms with E-state index in [1.807, 2.05) is 18.4 Å². The summed E-state index contributed by atoms with van der Waals surface area (Å²) in [5.74, 6) is -1.43.